The molecule has 0 radical (unpaired) electrons. The van der Waals surface area contributed by atoms with Crippen molar-refractivity contribution < 1.29 is 10.0 Å². The van der Waals surface area contributed by atoms with E-state index in [1.807, 2.05) is 28.8 Å². The number of hydrogen-bond acceptors (Lipinski definition) is 2. The summed E-state index contributed by atoms with van der Waals surface area (Å²) in [5.74, 6) is 0. The van der Waals surface area contributed by atoms with Crippen LogP contribution in [0.5, 0.6) is 0 Å². The second kappa shape index (κ2) is 2.66. The molecule has 0 saturated heterocycles. The summed E-state index contributed by atoms with van der Waals surface area (Å²) in [6.45, 7) is 0. The zero-order valence-electron chi connectivity index (χ0n) is 6.38. The molecular weight excluding hydrogens is 153 g/mol. The van der Waals surface area contributed by atoms with E-state index in [-0.39, 0.29) is 0 Å². The summed E-state index contributed by atoms with van der Waals surface area (Å²) < 4.78 is 1.84. The monoisotopic (exact) mass is 161 g/mol. The highest BCUT2D eigenvalue weighted by Gasteiger charge is 2.14. The van der Waals surface area contributed by atoms with Crippen molar-refractivity contribution in [2.24, 2.45) is 0 Å². The number of pyridine rings is 1. The SMILES string of the molecule is OB(O)c1ccn2ccccc12. The van der Waals surface area contributed by atoms with Crippen LogP contribution in [0.15, 0.2) is 36.7 Å². The van der Waals surface area contributed by atoms with Crippen LogP contribution in [-0.4, -0.2) is 21.6 Å². The zero-order valence-corrected chi connectivity index (χ0v) is 6.38. The highest BCUT2D eigenvalue weighted by atomic mass is 16.4. The molecule has 3 nitrogen and oxygen atoms in total. The molecule has 0 amide bonds. The van der Waals surface area contributed by atoms with Crippen molar-refractivity contribution in [2.75, 3.05) is 0 Å². The maximum absolute atomic E-state index is 8.95. The van der Waals surface area contributed by atoms with E-state index in [4.69, 9.17) is 10.0 Å². The average Bonchev–Trinajstić information content (AvgIpc) is 2.47. The summed E-state index contributed by atoms with van der Waals surface area (Å²) >= 11 is 0. The maximum atomic E-state index is 8.95. The Morgan fingerprint density at radius 2 is 1.92 bits per heavy atom. The van der Waals surface area contributed by atoms with Gasteiger partial charge in [-0.05, 0) is 18.2 Å². The van der Waals surface area contributed by atoms with Gasteiger partial charge in [0, 0.05) is 23.4 Å². The van der Waals surface area contributed by atoms with Crippen molar-refractivity contribution in [3.8, 4) is 0 Å². The van der Waals surface area contributed by atoms with Crippen LogP contribution in [0.25, 0.3) is 5.52 Å². The molecule has 0 atom stereocenters. The van der Waals surface area contributed by atoms with Gasteiger partial charge < -0.3 is 14.4 Å². The lowest BCUT2D eigenvalue weighted by atomic mass is 9.81. The van der Waals surface area contributed by atoms with Gasteiger partial charge in [0.1, 0.15) is 0 Å². The van der Waals surface area contributed by atoms with Crippen molar-refractivity contribution in [1.29, 1.82) is 0 Å². The van der Waals surface area contributed by atoms with Crippen molar-refractivity contribution in [3.05, 3.63) is 36.7 Å². The van der Waals surface area contributed by atoms with E-state index in [9.17, 15) is 0 Å². The topological polar surface area (TPSA) is 44.9 Å². The predicted octanol–water partition coefficient (Wildman–Crippen LogP) is -0.381. The summed E-state index contributed by atoms with van der Waals surface area (Å²) in [7, 11) is -1.39. The fourth-order valence-electron chi connectivity index (χ4n) is 1.30. The van der Waals surface area contributed by atoms with Crippen LogP contribution in [0.1, 0.15) is 0 Å². The summed E-state index contributed by atoms with van der Waals surface area (Å²) in [4.78, 5) is 0. The minimum atomic E-state index is -1.39. The molecule has 4 heteroatoms. The third-order valence-electron chi connectivity index (χ3n) is 1.88. The van der Waals surface area contributed by atoms with Crippen molar-refractivity contribution >= 4 is 18.1 Å². The molecule has 60 valence electrons. The van der Waals surface area contributed by atoms with Gasteiger partial charge in [0.25, 0.3) is 0 Å². The minimum Gasteiger partial charge on any atom is -0.423 e. The van der Waals surface area contributed by atoms with Gasteiger partial charge in [-0.2, -0.15) is 0 Å². The molecule has 0 spiro atoms. The van der Waals surface area contributed by atoms with E-state index in [2.05, 4.69) is 0 Å². The molecule has 2 aromatic rings. The van der Waals surface area contributed by atoms with Gasteiger partial charge in [0.2, 0.25) is 0 Å². The van der Waals surface area contributed by atoms with Gasteiger partial charge in [-0.3, -0.25) is 0 Å². The summed E-state index contributed by atoms with van der Waals surface area (Å²) in [6, 6.07) is 7.29. The second-order valence-electron chi connectivity index (χ2n) is 2.64. The van der Waals surface area contributed by atoms with E-state index >= 15 is 0 Å². The molecule has 0 saturated carbocycles. The first-order valence-corrected chi connectivity index (χ1v) is 3.71. The summed E-state index contributed by atoms with van der Waals surface area (Å²) in [6.07, 6.45) is 3.66. The highest BCUT2D eigenvalue weighted by molar-refractivity contribution is 6.61. The molecule has 0 fully saturated rings. The standard InChI is InChI=1S/C8H8BNO2/c11-9(12)7-4-6-10-5-2-1-3-8(7)10/h1-6,11-12H. The molecule has 2 N–H and O–H groups in total. The highest BCUT2D eigenvalue weighted by Crippen LogP contribution is 2.00. The molecule has 2 aromatic heterocycles. The Morgan fingerprint density at radius 3 is 2.67 bits per heavy atom. The smallest absolute Gasteiger partial charge is 0.423 e. The number of fused-ring (bicyclic) bond motifs is 1. The van der Waals surface area contributed by atoms with Crippen LogP contribution in [0.2, 0.25) is 0 Å². The normalized spacial score (nSPS) is 10.5. The lowest BCUT2D eigenvalue weighted by Crippen LogP contribution is -2.29. The van der Waals surface area contributed by atoms with Crippen LogP contribution >= 0.6 is 0 Å². The fourth-order valence-corrected chi connectivity index (χ4v) is 1.30. The Hall–Kier alpha value is -1.26. The molecular formula is C8H8BNO2. The molecule has 2 rings (SSSR count). The lowest BCUT2D eigenvalue weighted by Gasteiger charge is -1.96. The van der Waals surface area contributed by atoms with Crippen molar-refractivity contribution in [3.63, 3.8) is 0 Å². The van der Waals surface area contributed by atoms with Crippen molar-refractivity contribution in [1.82, 2.24) is 4.40 Å². The molecule has 0 aliphatic heterocycles. The summed E-state index contributed by atoms with van der Waals surface area (Å²) in [5.41, 5.74) is 1.36. The first kappa shape index (κ1) is 7.40. The Kier molecular flexibility index (Phi) is 1.64. The van der Waals surface area contributed by atoms with Gasteiger partial charge in [-0.15, -0.1) is 0 Å². The maximum Gasteiger partial charge on any atom is 0.490 e. The van der Waals surface area contributed by atoms with E-state index in [1.54, 1.807) is 12.3 Å². The van der Waals surface area contributed by atoms with Gasteiger partial charge in [0.15, 0.2) is 0 Å². The van der Waals surface area contributed by atoms with E-state index in [1.165, 1.54) is 0 Å². The molecule has 0 aliphatic rings. The number of aromatic nitrogens is 1. The quantitative estimate of drug-likeness (QED) is 0.560. The first-order valence-electron chi connectivity index (χ1n) is 3.71. The third-order valence-corrected chi connectivity index (χ3v) is 1.88. The Labute approximate surface area is 70.0 Å². The van der Waals surface area contributed by atoms with Crippen LogP contribution in [0, 0.1) is 0 Å². The van der Waals surface area contributed by atoms with Crippen LogP contribution in [0.4, 0.5) is 0 Å². The van der Waals surface area contributed by atoms with Gasteiger partial charge in [0.05, 0.1) is 0 Å². The molecule has 2 heterocycles. The van der Waals surface area contributed by atoms with Crippen molar-refractivity contribution in [2.45, 2.75) is 0 Å². The van der Waals surface area contributed by atoms with E-state index in [0.717, 1.165) is 5.52 Å². The van der Waals surface area contributed by atoms with Crippen LogP contribution in [0.3, 0.4) is 0 Å². The summed E-state index contributed by atoms with van der Waals surface area (Å²) in [5, 5.41) is 17.9. The van der Waals surface area contributed by atoms with Gasteiger partial charge >= 0.3 is 7.12 Å². The minimum absolute atomic E-state index is 0.538. The molecule has 0 unspecified atom stereocenters. The average molecular weight is 161 g/mol. The van der Waals surface area contributed by atoms with Crippen LogP contribution < -0.4 is 5.46 Å². The lowest BCUT2D eigenvalue weighted by molar-refractivity contribution is 0.426. The largest absolute Gasteiger partial charge is 0.490 e. The third kappa shape index (κ3) is 1.01. The first-order chi connectivity index (χ1) is 5.79. The Bertz CT molecular complexity index is 397. The Morgan fingerprint density at radius 1 is 1.08 bits per heavy atom. The zero-order chi connectivity index (χ0) is 8.55. The molecule has 0 aromatic carbocycles. The van der Waals surface area contributed by atoms with Gasteiger partial charge in [-0.25, -0.2) is 0 Å². The number of rotatable bonds is 1. The predicted molar refractivity (Wildman–Crippen MR) is 47.2 cm³/mol. The fraction of sp³-hybridized carbons (Fsp3) is 0. The van der Waals surface area contributed by atoms with E-state index < -0.39 is 7.12 Å². The molecule has 12 heavy (non-hydrogen) atoms. The number of nitrogens with zero attached hydrogens (tertiary/aromatic N) is 1. The number of hydrogen-bond donors (Lipinski definition) is 2. The Balaban J connectivity index is 2.70. The molecule has 0 aliphatic carbocycles. The van der Waals surface area contributed by atoms with E-state index in [0.29, 0.717) is 5.46 Å². The molecule has 0 bridgehead atoms. The van der Waals surface area contributed by atoms with Crippen LogP contribution in [-0.2, 0) is 0 Å². The van der Waals surface area contributed by atoms with Gasteiger partial charge in [-0.1, -0.05) is 6.07 Å². The second-order valence-corrected chi connectivity index (χ2v) is 2.64.